The Morgan fingerprint density at radius 3 is 1.49 bits per heavy atom. The first-order valence-electron chi connectivity index (χ1n) is 12.1. The van der Waals surface area contributed by atoms with E-state index in [1.165, 1.54) is 33.8 Å². The summed E-state index contributed by atoms with van der Waals surface area (Å²) >= 11 is 0. The summed E-state index contributed by atoms with van der Waals surface area (Å²) in [7, 11) is 2.11. The Hall–Kier alpha value is -4.30. The Balaban J connectivity index is 1.35. The van der Waals surface area contributed by atoms with Gasteiger partial charge in [-0.3, -0.25) is 0 Å². The predicted octanol–water partition coefficient (Wildman–Crippen LogP) is 8.82. The molecule has 0 aliphatic rings. The molecule has 172 valence electrons. The van der Waals surface area contributed by atoms with E-state index in [-0.39, 0.29) is 0 Å². The van der Waals surface area contributed by atoms with Gasteiger partial charge in [0.1, 0.15) is 0 Å². The third-order valence-corrected chi connectivity index (χ3v) is 6.34. The molecule has 5 aromatic rings. The fraction of sp³-hybridized carbons (Fsp3) is 0.0909. The highest BCUT2D eigenvalue weighted by Crippen LogP contribution is 2.35. The van der Waals surface area contributed by atoms with Crippen molar-refractivity contribution in [3.05, 3.63) is 150 Å². The molecular weight excluding hydrogens is 424 g/mol. The lowest BCUT2D eigenvalue weighted by Crippen LogP contribution is -2.10. The lowest BCUT2D eigenvalue weighted by Gasteiger charge is -2.26. The highest BCUT2D eigenvalue weighted by Gasteiger charge is 2.12. The first-order valence-corrected chi connectivity index (χ1v) is 12.1. The van der Waals surface area contributed by atoms with Crippen LogP contribution in [0.3, 0.4) is 0 Å². The molecule has 0 saturated carbocycles. The number of benzene rings is 5. The van der Waals surface area contributed by atoms with Crippen LogP contribution in [-0.2, 0) is 6.42 Å². The van der Waals surface area contributed by atoms with E-state index >= 15 is 0 Å². The number of hydrogen-bond donors (Lipinski definition) is 0. The van der Waals surface area contributed by atoms with E-state index in [9.17, 15) is 0 Å². The van der Waals surface area contributed by atoms with Crippen LogP contribution in [0.2, 0.25) is 0 Å². The molecule has 0 aromatic heterocycles. The number of rotatable bonds is 7. The number of para-hydroxylation sites is 2. The van der Waals surface area contributed by atoms with Crippen LogP contribution in [0, 0.1) is 6.92 Å². The molecule has 2 heteroatoms. The minimum atomic E-state index is 0.908. The van der Waals surface area contributed by atoms with Crippen molar-refractivity contribution in [2.24, 2.45) is 0 Å². The molecule has 0 atom stereocenters. The first kappa shape index (κ1) is 22.5. The molecule has 0 fully saturated rings. The Labute approximate surface area is 208 Å². The molecule has 2 nitrogen and oxygen atoms in total. The number of nitrogens with zero attached hydrogens (tertiary/aromatic N) is 2. The molecule has 0 aliphatic heterocycles. The van der Waals surface area contributed by atoms with E-state index in [4.69, 9.17) is 0 Å². The smallest absolute Gasteiger partial charge is 0.0464 e. The highest BCUT2D eigenvalue weighted by atomic mass is 15.1. The van der Waals surface area contributed by atoms with Crippen LogP contribution in [0.15, 0.2) is 133 Å². The van der Waals surface area contributed by atoms with Crippen LogP contribution in [0.25, 0.3) is 0 Å². The zero-order chi connectivity index (χ0) is 24.0. The van der Waals surface area contributed by atoms with Crippen LogP contribution in [-0.4, -0.2) is 7.05 Å². The summed E-state index contributed by atoms with van der Waals surface area (Å²) in [5.74, 6) is 0. The Bertz CT molecular complexity index is 1360. The lowest BCUT2D eigenvalue weighted by atomic mass is 10.0. The van der Waals surface area contributed by atoms with Crippen LogP contribution < -0.4 is 9.80 Å². The quantitative estimate of drug-likeness (QED) is 0.242. The monoisotopic (exact) mass is 454 g/mol. The summed E-state index contributed by atoms with van der Waals surface area (Å²) in [4.78, 5) is 4.52. The van der Waals surface area contributed by atoms with Gasteiger partial charge in [0.05, 0.1) is 0 Å². The van der Waals surface area contributed by atoms with Gasteiger partial charge >= 0.3 is 0 Å². The third-order valence-electron chi connectivity index (χ3n) is 6.34. The van der Waals surface area contributed by atoms with Gasteiger partial charge in [-0.1, -0.05) is 72.8 Å². The predicted molar refractivity (Wildman–Crippen MR) is 150 cm³/mol. The average molecular weight is 455 g/mol. The zero-order valence-electron chi connectivity index (χ0n) is 20.3. The van der Waals surface area contributed by atoms with Gasteiger partial charge < -0.3 is 9.80 Å². The van der Waals surface area contributed by atoms with Crippen molar-refractivity contribution < 1.29 is 0 Å². The van der Waals surface area contributed by atoms with Gasteiger partial charge in [-0.05, 0) is 90.7 Å². The molecule has 0 heterocycles. The van der Waals surface area contributed by atoms with E-state index in [0.717, 1.165) is 17.8 Å². The number of anilines is 5. The van der Waals surface area contributed by atoms with Crippen LogP contribution in [0.1, 0.15) is 16.7 Å². The average Bonchev–Trinajstić information content (AvgIpc) is 2.91. The van der Waals surface area contributed by atoms with Gasteiger partial charge in [0.2, 0.25) is 0 Å². The Morgan fingerprint density at radius 1 is 0.457 bits per heavy atom. The van der Waals surface area contributed by atoms with Crippen molar-refractivity contribution in [3.8, 4) is 0 Å². The molecule has 5 aromatic carbocycles. The Kier molecular flexibility index (Phi) is 6.63. The fourth-order valence-corrected chi connectivity index (χ4v) is 4.43. The van der Waals surface area contributed by atoms with Crippen molar-refractivity contribution in [3.63, 3.8) is 0 Å². The van der Waals surface area contributed by atoms with E-state index in [1.54, 1.807) is 0 Å². The largest absolute Gasteiger partial charge is 0.345 e. The van der Waals surface area contributed by atoms with Crippen LogP contribution in [0.4, 0.5) is 28.4 Å². The maximum atomic E-state index is 2.31. The zero-order valence-corrected chi connectivity index (χ0v) is 20.3. The normalized spacial score (nSPS) is 10.7. The lowest BCUT2D eigenvalue weighted by molar-refractivity contribution is 1.16. The second-order valence-corrected chi connectivity index (χ2v) is 8.91. The van der Waals surface area contributed by atoms with Gasteiger partial charge in [-0.2, -0.15) is 0 Å². The summed E-state index contributed by atoms with van der Waals surface area (Å²) in [5.41, 5.74) is 9.72. The Morgan fingerprint density at radius 2 is 0.914 bits per heavy atom. The molecule has 0 bridgehead atoms. The summed E-state index contributed by atoms with van der Waals surface area (Å²) in [5, 5.41) is 0. The van der Waals surface area contributed by atoms with E-state index in [2.05, 4.69) is 151 Å². The SMILES string of the molecule is Cc1cccc(N(c2ccccc2)c2ccc(Cc3ccc(N(C)c4ccccc4)cc3)cc2)c1. The van der Waals surface area contributed by atoms with Crippen LogP contribution in [0.5, 0.6) is 0 Å². The topological polar surface area (TPSA) is 6.48 Å². The molecule has 5 rings (SSSR count). The van der Waals surface area contributed by atoms with Gasteiger partial charge in [-0.15, -0.1) is 0 Å². The summed E-state index contributed by atoms with van der Waals surface area (Å²) in [6.07, 6.45) is 0.908. The summed E-state index contributed by atoms with van der Waals surface area (Å²) < 4.78 is 0. The van der Waals surface area contributed by atoms with E-state index < -0.39 is 0 Å². The standard InChI is InChI=1S/C33H30N2/c1-26-10-9-15-33(24-26)35(31-13-7-4-8-14-31)32-22-18-28(19-23-32)25-27-16-20-30(21-17-27)34(2)29-11-5-3-6-12-29/h3-24H,25H2,1-2H3. The third kappa shape index (κ3) is 5.28. The molecule has 0 N–H and O–H groups in total. The first-order chi connectivity index (χ1) is 17.2. The second-order valence-electron chi connectivity index (χ2n) is 8.91. The maximum Gasteiger partial charge on any atom is 0.0464 e. The second kappa shape index (κ2) is 10.3. The van der Waals surface area contributed by atoms with Crippen molar-refractivity contribution in [2.75, 3.05) is 16.8 Å². The van der Waals surface area contributed by atoms with E-state index in [1.807, 2.05) is 6.07 Å². The molecule has 0 unspecified atom stereocenters. The van der Waals surface area contributed by atoms with Crippen molar-refractivity contribution in [2.45, 2.75) is 13.3 Å². The minimum absolute atomic E-state index is 0.908. The van der Waals surface area contributed by atoms with Crippen molar-refractivity contribution >= 4 is 28.4 Å². The summed E-state index contributed by atoms with van der Waals surface area (Å²) in [6.45, 7) is 2.14. The summed E-state index contributed by atoms with van der Waals surface area (Å²) in [6, 6.07) is 47.4. The maximum absolute atomic E-state index is 2.31. The fourth-order valence-electron chi connectivity index (χ4n) is 4.43. The van der Waals surface area contributed by atoms with Crippen molar-refractivity contribution in [1.82, 2.24) is 0 Å². The van der Waals surface area contributed by atoms with Crippen LogP contribution >= 0.6 is 0 Å². The molecule has 0 amide bonds. The van der Waals surface area contributed by atoms with Crippen molar-refractivity contribution in [1.29, 1.82) is 0 Å². The van der Waals surface area contributed by atoms with Gasteiger partial charge in [-0.25, -0.2) is 0 Å². The van der Waals surface area contributed by atoms with E-state index in [0.29, 0.717) is 0 Å². The molecule has 0 radical (unpaired) electrons. The molecule has 0 aliphatic carbocycles. The van der Waals surface area contributed by atoms with Gasteiger partial charge in [0.25, 0.3) is 0 Å². The van der Waals surface area contributed by atoms with Gasteiger partial charge in [0.15, 0.2) is 0 Å². The number of aryl methyl sites for hydroxylation is 1. The molecule has 35 heavy (non-hydrogen) atoms. The molecule has 0 saturated heterocycles. The minimum Gasteiger partial charge on any atom is -0.345 e. The van der Waals surface area contributed by atoms with Gasteiger partial charge in [0, 0.05) is 35.5 Å². The number of hydrogen-bond acceptors (Lipinski definition) is 2. The highest BCUT2D eigenvalue weighted by molar-refractivity contribution is 5.76. The molecular formula is C33H30N2. The molecule has 0 spiro atoms.